The Morgan fingerprint density at radius 1 is 1.09 bits per heavy atom. The molecule has 0 saturated carbocycles. The quantitative estimate of drug-likeness (QED) is 0.316. The van der Waals surface area contributed by atoms with Crippen LogP contribution in [0.4, 0.5) is 0 Å². The summed E-state index contributed by atoms with van der Waals surface area (Å²) in [7, 11) is 0. The van der Waals surface area contributed by atoms with E-state index in [2.05, 4.69) is 31.1 Å². The first-order valence-electron chi connectivity index (χ1n) is 13.7. The maximum absolute atomic E-state index is 13.3. The molecule has 14 heteroatoms. The van der Waals surface area contributed by atoms with Gasteiger partial charge in [0, 0.05) is 31.0 Å². The van der Waals surface area contributed by atoms with Gasteiger partial charge in [-0.1, -0.05) is 49.3 Å². The molecule has 3 aromatic heterocycles. The number of carbonyl (C=O) groups is 4. The minimum atomic E-state index is -0.694. The second-order valence-electron chi connectivity index (χ2n) is 10.5. The summed E-state index contributed by atoms with van der Waals surface area (Å²) in [6.45, 7) is 5.22. The molecule has 5 rings (SSSR count). The van der Waals surface area contributed by atoms with Gasteiger partial charge in [-0.05, 0) is 18.4 Å². The van der Waals surface area contributed by atoms with Crippen molar-refractivity contribution < 1.29 is 28.1 Å². The zero-order valence-corrected chi connectivity index (χ0v) is 24.6. The highest BCUT2D eigenvalue weighted by atomic mass is 32.1. The van der Waals surface area contributed by atoms with Gasteiger partial charge in [-0.2, -0.15) is 0 Å². The lowest BCUT2D eigenvalue weighted by Gasteiger charge is -2.25. The van der Waals surface area contributed by atoms with Crippen LogP contribution in [-0.2, 0) is 11.2 Å². The van der Waals surface area contributed by atoms with Crippen LogP contribution in [0.5, 0.6) is 0 Å². The Balaban J connectivity index is 1.47. The van der Waals surface area contributed by atoms with Gasteiger partial charge in [0.2, 0.25) is 11.8 Å². The van der Waals surface area contributed by atoms with E-state index in [1.807, 2.05) is 44.2 Å². The summed E-state index contributed by atoms with van der Waals surface area (Å²) in [4.78, 5) is 62.9. The molecule has 4 bridgehead atoms. The molecular formula is C29H31N7O6S. The van der Waals surface area contributed by atoms with Crippen molar-refractivity contribution in [2.75, 3.05) is 19.6 Å². The number of hydrogen-bond donors (Lipinski definition) is 3. The largest absolute Gasteiger partial charge is 0.446 e. The van der Waals surface area contributed by atoms with Crippen LogP contribution in [0.25, 0.3) is 0 Å². The normalized spacial score (nSPS) is 18.4. The van der Waals surface area contributed by atoms with Crippen molar-refractivity contribution in [3.05, 3.63) is 87.3 Å². The third kappa shape index (κ3) is 7.15. The first-order chi connectivity index (χ1) is 20.7. The van der Waals surface area contributed by atoms with Gasteiger partial charge in [0.05, 0.1) is 12.6 Å². The predicted molar refractivity (Wildman–Crippen MR) is 154 cm³/mol. The summed E-state index contributed by atoms with van der Waals surface area (Å²) in [6, 6.07) is 9.76. The fraction of sp³-hybridized carbons (Fsp3) is 0.345. The van der Waals surface area contributed by atoms with Crippen LogP contribution in [0.3, 0.4) is 0 Å². The molecule has 2 atom stereocenters. The van der Waals surface area contributed by atoms with E-state index >= 15 is 0 Å². The number of amides is 4. The fourth-order valence-electron chi connectivity index (χ4n) is 4.55. The summed E-state index contributed by atoms with van der Waals surface area (Å²) in [5.41, 5.74) is 1.14. The molecule has 43 heavy (non-hydrogen) atoms. The maximum atomic E-state index is 13.3. The first-order valence-corrected chi connectivity index (χ1v) is 14.6. The van der Waals surface area contributed by atoms with Crippen molar-refractivity contribution in [3.8, 4) is 0 Å². The summed E-state index contributed by atoms with van der Waals surface area (Å²) in [5.74, 6) is -1.44. The van der Waals surface area contributed by atoms with E-state index in [4.69, 9.17) is 8.94 Å². The Morgan fingerprint density at radius 3 is 2.60 bits per heavy atom. The van der Waals surface area contributed by atoms with Crippen LogP contribution in [-0.4, -0.2) is 63.3 Å². The summed E-state index contributed by atoms with van der Waals surface area (Å²) < 4.78 is 10.7. The topological polar surface area (TPSA) is 173 Å². The molecule has 0 unspecified atom stereocenters. The third-order valence-electron chi connectivity index (χ3n) is 6.78. The molecule has 13 nitrogen and oxygen atoms in total. The number of fused-ring (bicyclic) bond motifs is 4. The standard InChI is InChI=1S/C29H31N7O6S/c1-16(2)24-28-33-22(15-43-28)26(39)31-19(12-18-7-5-4-6-8-18)27-32-21(14-41-27)25(38)30-9-10-36(13-23(37)34-24)29(40)20-11-17(3)42-35-20/h4-8,11,14-16,19,24H,9-10,12-13H2,1-3H3,(H,30,38)(H,31,39)(H,34,37)/t19-,24-/m0/s1. The highest BCUT2D eigenvalue weighted by molar-refractivity contribution is 7.09. The number of hydrogen-bond acceptors (Lipinski definition) is 10. The van der Waals surface area contributed by atoms with Crippen molar-refractivity contribution in [1.29, 1.82) is 0 Å². The first kappa shape index (κ1) is 29.6. The SMILES string of the molecule is Cc1cc(C(=O)N2CCNC(=O)c3coc(n3)[C@H](Cc3ccccc3)NC(=O)c3csc(n3)[C@H](C(C)C)NC(=O)C2)no1. The van der Waals surface area contributed by atoms with E-state index in [0.29, 0.717) is 17.2 Å². The summed E-state index contributed by atoms with van der Waals surface area (Å²) >= 11 is 1.25. The van der Waals surface area contributed by atoms with E-state index in [9.17, 15) is 19.2 Å². The van der Waals surface area contributed by atoms with E-state index < -0.39 is 35.7 Å². The maximum Gasteiger partial charge on any atom is 0.276 e. The minimum Gasteiger partial charge on any atom is -0.446 e. The molecule has 0 radical (unpaired) electrons. The Morgan fingerprint density at radius 2 is 1.88 bits per heavy atom. The van der Waals surface area contributed by atoms with Gasteiger partial charge in [-0.25, -0.2) is 9.97 Å². The fourth-order valence-corrected chi connectivity index (χ4v) is 5.57. The lowest BCUT2D eigenvalue weighted by Crippen LogP contribution is -2.45. The molecule has 4 amide bonds. The number of rotatable bonds is 4. The van der Waals surface area contributed by atoms with Crippen LogP contribution in [0.15, 0.2) is 57.0 Å². The van der Waals surface area contributed by atoms with Crippen molar-refractivity contribution in [3.63, 3.8) is 0 Å². The lowest BCUT2D eigenvalue weighted by molar-refractivity contribution is -0.122. The molecule has 1 aliphatic heterocycles. The Kier molecular flexibility index (Phi) is 8.95. The monoisotopic (exact) mass is 605 g/mol. The van der Waals surface area contributed by atoms with Gasteiger partial charge < -0.3 is 29.8 Å². The van der Waals surface area contributed by atoms with Gasteiger partial charge in [0.1, 0.15) is 28.8 Å². The molecule has 3 N–H and O–H groups in total. The molecular weight excluding hydrogens is 574 g/mol. The lowest BCUT2D eigenvalue weighted by atomic mass is 10.0. The van der Waals surface area contributed by atoms with Crippen molar-refractivity contribution >= 4 is 35.0 Å². The van der Waals surface area contributed by atoms with Crippen LogP contribution in [0.1, 0.15) is 79.6 Å². The van der Waals surface area contributed by atoms with E-state index in [-0.39, 0.29) is 48.5 Å². The van der Waals surface area contributed by atoms with E-state index in [1.54, 1.807) is 12.3 Å². The molecule has 1 aliphatic rings. The zero-order chi connectivity index (χ0) is 30.5. The smallest absolute Gasteiger partial charge is 0.276 e. The Bertz CT molecular complexity index is 1610. The van der Waals surface area contributed by atoms with E-state index in [1.165, 1.54) is 28.6 Å². The van der Waals surface area contributed by atoms with Gasteiger partial charge in [-0.15, -0.1) is 11.3 Å². The molecule has 1 aromatic carbocycles. The summed E-state index contributed by atoms with van der Waals surface area (Å²) in [5, 5.41) is 14.5. The number of benzene rings is 1. The second kappa shape index (κ2) is 13.0. The van der Waals surface area contributed by atoms with Crippen molar-refractivity contribution in [2.45, 2.75) is 39.3 Å². The van der Waals surface area contributed by atoms with Crippen LogP contribution < -0.4 is 16.0 Å². The molecule has 0 saturated heterocycles. The average molecular weight is 606 g/mol. The van der Waals surface area contributed by atoms with Crippen LogP contribution in [0, 0.1) is 12.8 Å². The molecule has 4 heterocycles. The number of thiazole rings is 1. The van der Waals surface area contributed by atoms with Gasteiger partial charge in [0.25, 0.3) is 17.7 Å². The highest BCUT2D eigenvalue weighted by Crippen LogP contribution is 2.26. The van der Waals surface area contributed by atoms with Crippen LogP contribution >= 0.6 is 11.3 Å². The zero-order valence-electron chi connectivity index (χ0n) is 23.8. The van der Waals surface area contributed by atoms with Gasteiger partial charge in [0.15, 0.2) is 11.4 Å². The number of oxazole rings is 1. The molecule has 224 valence electrons. The predicted octanol–water partition coefficient (Wildman–Crippen LogP) is 2.84. The number of carbonyl (C=O) groups excluding carboxylic acids is 4. The molecule has 0 spiro atoms. The van der Waals surface area contributed by atoms with Crippen LogP contribution in [0.2, 0.25) is 0 Å². The van der Waals surface area contributed by atoms with Crippen molar-refractivity contribution in [2.24, 2.45) is 5.92 Å². The highest BCUT2D eigenvalue weighted by Gasteiger charge is 2.29. The second-order valence-corrected chi connectivity index (χ2v) is 11.3. The van der Waals surface area contributed by atoms with Gasteiger partial charge >= 0.3 is 0 Å². The third-order valence-corrected chi connectivity index (χ3v) is 7.71. The number of nitrogens with one attached hydrogen (secondary N) is 3. The van der Waals surface area contributed by atoms with Gasteiger partial charge in [-0.3, -0.25) is 19.2 Å². The summed E-state index contributed by atoms with van der Waals surface area (Å²) in [6.07, 6.45) is 1.57. The minimum absolute atomic E-state index is 0.00175. The molecule has 4 aromatic rings. The Hall–Kier alpha value is -4.85. The Labute approximate surface area is 251 Å². The van der Waals surface area contributed by atoms with E-state index in [0.717, 1.165) is 5.56 Å². The number of nitrogens with zero attached hydrogens (tertiary/aromatic N) is 4. The molecule has 0 fully saturated rings. The van der Waals surface area contributed by atoms with Crippen molar-refractivity contribution in [1.82, 2.24) is 36.0 Å². The average Bonchev–Trinajstić information content (AvgIpc) is 3.76. The number of aryl methyl sites for hydroxylation is 1. The molecule has 0 aliphatic carbocycles. The number of aromatic nitrogens is 3.